The fourth-order valence-electron chi connectivity index (χ4n) is 6.02. The number of para-hydroxylation sites is 1. The molecule has 4 fully saturated rings. The van der Waals surface area contributed by atoms with Crippen LogP contribution in [0.2, 0.25) is 0 Å². The summed E-state index contributed by atoms with van der Waals surface area (Å²) in [6.07, 6.45) is 10.6. The standard InChI is InChI=1S/C21H24BrN3O/c22-21-11-15-8-16(12-21)10-20(9-15,14-21)19(26)24-18-5-2-1-4-17(18)13-25-7-3-6-23-25/h1-7,15-16H,8-14H2,(H,24,26). The number of nitrogens with zero attached hydrogens (tertiary/aromatic N) is 2. The highest BCUT2D eigenvalue weighted by molar-refractivity contribution is 9.10. The lowest BCUT2D eigenvalue weighted by molar-refractivity contribution is -0.138. The zero-order valence-electron chi connectivity index (χ0n) is 14.8. The summed E-state index contributed by atoms with van der Waals surface area (Å²) in [5, 5.41) is 7.59. The number of carbonyl (C=O) groups excluding carboxylic acids is 1. The second-order valence-electron chi connectivity index (χ2n) is 8.71. The van der Waals surface area contributed by atoms with E-state index in [0.29, 0.717) is 18.4 Å². The smallest absolute Gasteiger partial charge is 0.230 e. The van der Waals surface area contributed by atoms with Crippen LogP contribution in [-0.4, -0.2) is 20.0 Å². The predicted molar refractivity (Wildman–Crippen MR) is 105 cm³/mol. The van der Waals surface area contributed by atoms with Crippen molar-refractivity contribution < 1.29 is 4.79 Å². The second kappa shape index (κ2) is 5.95. The van der Waals surface area contributed by atoms with Gasteiger partial charge in [0.25, 0.3) is 0 Å². The molecule has 4 saturated carbocycles. The first kappa shape index (κ1) is 16.5. The summed E-state index contributed by atoms with van der Waals surface area (Å²) in [6.45, 7) is 0.671. The summed E-state index contributed by atoms with van der Waals surface area (Å²) in [5.41, 5.74) is 1.84. The van der Waals surface area contributed by atoms with Crippen molar-refractivity contribution in [3.63, 3.8) is 0 Å². The van der Waals surface area contributed by atoms with Crippen LogP contribution < -0.4 is 5.32 Å². The number of carbonyl (C=O) groups is 1. The number of hydrogen-bond acceptors (Lipinski definition) is 2. The summed E-state index contributed by atoms with van der Waals surface area (Å²) in [6, 6.07) is 10.0. The number of anilines is 1. The SMILES string of the molecule is O=C(Nc1ccccc1Cn1cccn1)C12CC3CC(CC(Br)(C3)C1)C2. The molecule has 1 aromatic carbocycles. The van der Waals surface area contributed by atoms with Gasteiger partial charge < -0.3 is 5.32 Å². The quantitative estimate of drug-likeness (QED) is 0.744. The minimum atomic E-state index is -0.188. The van der Waals surface area contributed by atoms with Crippen molar-refractivity contribution in [2.24, 2.45) is 17.3 Å². The van der Waals surface area contributed by atoms with Gasteiger partial charge in [0.05, 0.1) is 12.0 Å². The van der Waals surface area contributed by atoms with Gasteiger partial charge in [0.15, 0.2) is 0 Å². The first-order valence-electron chi connectivity index (χ1n) is 9.59. The van der Waals surface area contributed by atoms with E-state index in [1.165, 1.54) is 19.3 Å². The van der Waals surface area contributed by atoms with Crippen LogP contribution in [0.1, 0.15) is 44.1 Å². The molecule has 4 aliphatic carbocycles. The van der Waals surface area contributed by atoms with Crippen molar-refractivity contribution in [3.05, 3.63) is 48.3 Å². The van der Waals surface area contributed by atoms with Crippen molar-refractivity contribution in [2.45, 2.75) is 49.4 Å². The third-order valence-electron chi connectivity index (χ3n) is 6.63. The Labute approximate surface area is 162 Å². The van der Waals surface area contributed by atoms with Crippen molar-refractivity contribution in [1.29, 1.82) is 0 Å². The average molecular weight is 414 g/mol. The van der Waals surface area contributed by atoms with Gasteiger partial charge in [0, 0.05) is 22.4 Å². The van der Waals surface area contributed by atoms with E-state index >= 15 is 0 Å². The van der Waals surface area contributed by atoms with Gasteiger partial charge in [-0.15, -0.1) is 0 Å². The third-order valence-corrected chi connectivity index (χ3v) is 7.56. The number of nitrogens with one attached hydrogen (secondary N) is 1. The summed E-state index contributed by atoms with van der Waals surface area (Å²) in [4.78, 5) is 13.4. The van der Waals surface area contributed by atoms with Crippen LogP contribution in [0.15, 0.2) is 42.7 Å². The van der Waals surface area contributed by atoms with Crippen LogP contribution >= 0.6 is 15.9 Å². The van der Waals surface area contributed by atoms with Crippen molar-refractivity contribution in [2.75, 3.05) is 5.32 Å². The Morgan fingerprint density at radius 3 is 2.65 bits per heavy atom. The Morgan fingerprint density at radius 2 is 1.96 bits per heavy atom. The Balaban J connectivity index is 1.39. The van der Waals surface area contributed by atoms with Crippen LogP contribution in [-0.2, 0) is 11.3 Å². The number of amides is 1. The molecular weight excluding hydrogens is 390 g/mol. The lowest BCUT2D eigenvalue weighted by Gasteiger charge is -2.59. The van der Waals surface area contributed by atoms with E-state index in [-0.39, 0.29) is 15.6 Å². The fourth-order valence-corrected chi connectivity index (χ4v) is 7.47. The average Bonchev–Trinajstić information content (AvgIpc) is 3.07. The number of aromatic nitrogens is 2. The molecule has 4 nitrogen and oxygen atoms in total. The largest absolute Gasteiger partial charge is 0.325 e. The molecular formula is C21H24BrN3O. The molecule has 2 unspecified atom stereocenters. The molecule has 1 amide bonds. The molecule has 0 aliphatic heterocycles. The van der Waals surface area contributed by atoms with Gasteiger partial charge in [-0.2, -0.15) is 5.10 Å². The fraction of sp³-hybridized carbons (Fsp3) is 0.524. The monoisotopic (exact) mass is 413 g/mol. The van der Waals surface area contributed by atoms with E-state index in [0.717, 1.165) is 30.5 Å². The Hall–Kier alpha value is -1.62. The molecule has 1 N–H and O–H groups in total. The Bertz CT molecular complexity index is 818. The molecule has 2 atom stereocenters. The van der Waals surface area contributed by atoms with E-state index in [1.807, 2.05) is 35.1 Å². The number of hydrogen-bond donors (Lipinski definition) is 1. The van der Waals surface area contributed by atoms with Crippen LogP contribution in [0.3, 0.4) is 0 Å². The molecule has 4 bridgehead atoms. The highest BCUT2D eigenvalue weighted by Gasteiger charge is 2.59. The van der Waals surface area contributed by atoms with Gasteiger partial charge in [0.2, 0.25) is 5.91 Å². The normalized spacial score (nSPS) is 34.8. The molecule has 2 aromatic rings. The maximum Gasteiger partial charge on any atom is 0.230 e. The van der Waals surface area contributed by atoms with Gasteiger partial charge in [0.1, 0.15) is 0 Å². The topological polar surface area (TPSA) is 46.9 Å². The van der Waals surface area contributed by atoms with E-state index in [1.54, 1.807) is 6.20 Å². The van der Waals surface area contributed by atoms with Crippen LogP contribution in [0, 0.1) is 17.3 Å². The van der Waals surface area contributed by atoms with Crippen molar-refractivity contribution in [1.82, 2.24) is 9.78 Å². The first-order valence-corrected chi connectivity index (χ1v) is 10.4. The van der Waals surface area contributed by atoms with Gasteiger partial charge in [-0.1, -0.05) is 34.1 Å². The molecule has 5 heteroatoms. The summed E-state index contributed by atoms with van der Waals surface area (Å²) in [7, 11) is 0. The summed E-state index contributed by atoms with van der Waals surface area (Å²) < 4.78 is 2.09. The maximum atomic E-state index is 13.4. The van der Waals surface area contributed by atoms with Gasteiger partial charge in [-0.05, 0) is 68.1 Å². The zero-order valence-corrected chi connectivity index (χ0v) is 16.4. The minimum absolute atomic E-state index is 0.188. The molecule has 6 rings (SSSR count). The van der Waals surface area contributed by atoms with E-state index in [9.17, 15) is 4.79 Å². The van der Waals surface area contributed by atoms with Crippen molar-refractivity contribution in [3.8, 4) is 0 Å². The van der Waals surface area contributed by atoms with Crippen molar-refractivity contribution >= 4 is 27.5 Å². The van der Waals surface area contributed by atoms with Gasteiger partial charge in [-0.25, -0.2) is 0 Å². The lowest BCUT2D eigenvalue weighted by Crippen LogP contribution is -2.57. The molecule has 4 aliphatic rings. The van der Waals surface area contributed by atoms with Crippen LogP contribution in [0.25, 0.3) is 0 Å². The molecule has 26 heavy (non-hydrogen) atoms. The number of rotatable bonds is 4. The molecule has 0 radical (unpaired) electrons. The van der Waals surface area contributed by atoms with Crippen LogP contribution in [0.5, 0.6) is 0 Å². The van der Waals surface area contributed by atoms with E-state index in [2.05, 4.69) is 32.4 Å². The highest BCUT2D eigenvalue weighted by Crippen LogP contribution is 2.64. The van der Waals surface area contributed by atoms with Crippen LogP contribution in [0.4, 0.5) is 5.69 Å². The number of alkyl halides is 1. The maximum absolute atomic E-state index is 13.4. The van der Waals surface area contributed by atoms with Gasteiger partial charge in [-0.3, -0.25) is 9.48 Å². The molecule has 1 heterocycles. The summed E-state index contributed by atoms with van der Waals surface area (Å²) >= 11 is 4.01. The molecule has 136 valence electrons. The molecule has 1 aromatic heterocycles. The zero-order chi connectivity index (χ0) is 17.8. The predicted octanol–water partition coefficient (Wildman–Crippen LogP) is 4.60. The number of benzene rings is 1. The Morgan fingerprint density at radius 1 is 1.19 bits per heavy atom. The summed E-state index contributed by atoms with van der Waals surface area (Å²) in [5.74, 6) is 1.64. The lowest BCUT2D eigenvalue weighted by atomic mass is 9.49. The van der Waals surface area contributed by atoms with E-state index < -0.39 is 0 Å². The molecule has 0 saturated heterocycles. The second-order valence-corrected chi connectivity index (χ2v) is 10.4. The first-order chi connectivity index (χ1) is 12.5. The minimum Gasteiger partial charge on any atom is -0.325 e. The Kier molecular flexibility index (Phi) is 3.78. The van der Waals surface area contributed by atoms with Gasteiger partial charge >= 0.3 is 0 Å². The number of halogens is 1. The van der Waals surface area contributed by atoms with E-state index in [4.69, 9.17) is 0 Å². The highest BCUT2D eigenvalue weighted by atomic mass is 79.9. The third kappa shape index (κ3) is 2.81. The molecule has 0 spiro atoms.